The Morgan fingerprint density at radius 2 is 0.652 bits per heavy atom. The van der Waals surface area contributed by atoms with Crippen LogP contribution in [0, 0.1) is 0 Å². The van der Waals surface area contributed by atoms with E-state index in [1.165, 1.54) is 10.8 Å². The molecule has 8 heteroatoms. The molecule has 8 aromatic carbocycles. The van der Waals surface area contributed by atoms with Gasteiger partial charge in [0.15, 0.2) is 5.78 Å². The van der Waals surface area contributed by atoms with Crippen molar-refractivity contribution >= 4 is 67.0 Å². The van der Waals surface area contributed by atoms with Crippen molar-refractivity contribution in [3.63, 3.8) is 0 Å². The maximum Gasteiger partial charge on any atom is 0.234 e. The third-order valence-corrected chi connectivity index (χ3v) is 12.1. The molecule has 0 atom stereocenters. The Morgan fingerprint density at radius 1 is 0.348 bits per heavy atom. The van der Waals surface area contributed by atoms with Gasteiger partial charge in [0.1, 0.15) is 28.8 Å². The summed E-state index contributed by atoms with van der Waals surface area (Å²) in [6.07, 6.45) is 0.881. The number of hydrogen-bond donors (Lipinski definition) is 0. The predicted molar refractivity (Wildman–Crippen MR) is 260 cm³/mol. The molecule has 0 aromatic heterocycles. The number of carbonyl (C=O) groups is 4. The van der Waals surface area contributed by atoms with Crippen molar-refractivity contribution in [2.45, 2.75) is 12.8 Å². The lowest BCUT2D eigenvalue weighted by Gasteiger charge is -2.10. The summed E-state index contributed by atoms with van der Waals surface area (Å²) in [4.78, 5) is 49.1. The molecule has 0 aliphatic heterocycles. The molecule has 0 saturated carbocycles. The van der Waals surface area contributed by atoms with E-state index in [1.807, 2.05) is 109 Å². The van der Waals surface area contributed by atoms with Crippen molar-refractivity contribution < 1.29 is 38.1 Å². The van der Waals surface area contributed by atoms with Gasteiger partial charge in [0.05, 0.1) is 28.4 Å². The van der Waals surface area contributed by atoms with Crippen LogP contribution < -0.4 is 18.9 Å². The Balaban J connectivity index is 0.000000137. The normalized spacial score (nSPS) is 13.0. The lowest BCUT2D eigenvalue weighted by molar-refractivity contribution is -0.117. The average molecular weight is 869 g/mol. The Morgan fingerprint density at radius 3 is 0.985 bits per heavy atom. The molecule has 0 unspecified atom stereocenters. The van der Waals surface area contributed by atoms with E-state index in [1.54, 1.807) is 52.7 Å². The van der Waals surface area contributed by atoms with Crippen LogP contribution in [0.4, 0.5) is 0 Å². The van der Waals surface area contributed by atoms with E-state index in [0.717, 1.165) is 89.4 Å². The number of fused-ring (bicyclic) bond motifs is 3. The molecule has 0 spiro atoms. The number of methoxy groups -OCH3 is 4. The molecular formula is C58H44O8. The van der Waals surface area contributed by atoms with Gasteiger partial charge in [-0.15, -0.1) is 0 Å². The SMILES string of the molecule is COc1ccc(C2=C3C(=C(c4ccc(OC)cc4)C2=O)c2cccc4cccc3c24)cc1.COc1ccc(CC(=O)Cc2ccc(OC)cc2)cc1.O=C1C(=O)c2cccc3cccc1c23. The Labute approximate surface area is 382 Å². The van der Waals surface area contributed by atoms with Crippen LogP contribution in [-0.4, -0.2) is 51.6 Å². The fraction of sp³-hybridized carbons (Fsp3) is 0.103. The van der Waals surface area contributed by atoms with Crippen molar-refractivity contribution in [3.05, 3.63) is 214 Å². The monoisotopic (exact) mass is 868 g/mol. The fourth-order valence-corrected chi connectivity index (χ4v) is 8.93. The Hall–Kier alpha value is -8.36. The van der Waals surface area contributed by atoms with Gasteiger partial charge in [-0.25, -0.2) is 0 Å². The highest BCUT2D eigenvalue weighted by Crippen LogP contribution is 2.56. The number of benzene rings is 8. The topological polar surface area (TPSA) is 105 Å². The van der Waals surface area contributed by atoms with Gasteiger partial charge in [-0.05, 0) is 98.1 Å². The zero-order valence-electron chi connectivity index (χ0n) is 36.8. The van der Waals surface area contributed by atoms with Gasteiger partial charge >= 0.3 is 0 Å². The first-order valence-electron chi connectivity index (χ1n) is 21.4. The summed E-state index contributed by atoms with van der Waals surface area (Å²) in [5, 5.41) is 4.17. The number of ether oxygens (including phenoxy) is 4. The summed E-state index contributed by atoms with van der Waals surface area (Å²) in [5.74, 6) is 2.63. The van der Waals surface area contributed by atoms with Crippen LogP contribution in [0.5, 0.6) is 23.0 Å². The summed E-state index contributed by atoms with van der Waals surface area (Å²) in [7, 11) is 6.55. The highest BCUT2D eigenvalue weighted by Gasteiger charge is 2.40. The number of allylic oxidation sites excluding steroid dienone is 4. The molecule has 324 valence electrons. The lowest BCUT2D eigenvalue weighted by atomic mass is 9.93. The van der Waals surface area contributed by atoms with Crippen LogP contribution >= 0.6 is 0 Å². The van der Waals surface area contributed by atoms with Crippen molar-refractivity contribution in [2.75, 3.05) is 28.4 Å². The lowest BCUT2D eigenvalue weighted by Crippen LogP contribution is -2.06. The maximum atomic E-state index is 14.0. The molecule has 0 amide bonds. The number of ketones is 4. The van der Waals surface area contributed by atoms with Crippen LogP contribution in [0.3, 0.4) is 0 Å². The molecule has 3 aliphatic carbocycles. The minimum absolute atomic E-state index is 0.0526. The summed E-state index contributed by atoms with van der Waals surface area (Å²) in [6, 6.07) is 54.2. The van der Waals surface area contributed by atoms with Crippen LogP contribution in [0.1, 0.15) is 54.1 Å². The molecular weight excluding hydrogens is 825 g/mol. The third-order valence-electron chi connectivity index (χ3n) is 12.1. The largest absolute Gasteiger partial charge is 0.497 e. The number of rotatable bonds is 10. The molecule has 8 aromatic rings. The number of Topliss-reactive ketones (excluding diaryl/α,β-unsaturated/α-hetero) is 4. The zero-order valence-corrected chi connectivity index (χ0v) is 36.8. The molecule has 0 N–H and O–H groups in total. The van der Waals surface area contributed by atoms with Gasteiger partial charge < -0.3 is 18.9 Å². The molecule has 11 rings (SSSR count). The smallest absolute Gasteiger partial charge is 0.234 e. The summed E-state index contributed by atoms with van der Waals surface area (Å²) in [5.41, 5.74) is 10.7. The highest BCUT2D eigenvalue weighted by atomic mass is 16.5. The van der Waals surface area contributed by atoms with E-state index in [0.29, 0.717) is 24.0 Å². The van der Waals surface area contributed by atoms with Crippen molar-refractivity contribution in [1.29, 1.82) is 0 Å². The summed E-state index contributed by atoms with van der Waals surface area (Å²) in [6.45, 7) is 0. The number of carbonyl (C=O) groups excluding carboxylic acids is 4. The highest BCUT2D eigenvalue weighted by molar-refractivity contribution is 6.61. The van der Waals surface area contributed by atoms with Crippen molar-refractivity contribution in [3.8, 4) is 23.0 Å². The van der Waals surface area contributed by atoms with Crippen LogP contribution in [0.15, 0.2) is 170 Å². The molecule has 0 fully saturated rings. The van der Waals surface area contributed by atoms with Crippen molar-refractivity contribution in [1.82, 2.24) is 0 Å². The third kappa shape index (κ3) is 8.05. The first-order valence-corrected chi connectivity index (χ1v) is 21.4. The molecule has 8 nitrogen and oxygen atoms in total. The molecule has 0 saturated heterocycles. The second kappa shape index (κ2) is 18.4. The molecule has 0 radical (unpaired) electrons. The molecule has 0 bridgehead atoms. The van der Waals surface area contributed by atoms with Crippen LogP contribution in [0.25, 0.3) is 43.8 Å². The Bertz CT molecular complexity index is 3060. The quantitative estimate of drug-likeness (QED) is 0.125. The van der Waals surface area contributed by atoms with Gasteiger partial charge in [-0.3, -0.25) is 19.2 Å². The first-order chi connectivity index (χ1) is 32.2. The van der Waals surface area contributed by atoms with Gasteiger partial charge in [-0.1, -0.05) is 121 Å². The molecule has 66 heavy (non-hydrogen) atoms. The summed E-state index contributed by atoms with van der Waals surface area (Å²) < 4.78 is 20.9. The van der Waals surface area contributed by atoms with Crippen LogP contribution in [-0.2, 0) is 22.4 Å². The standard InChI is InChI=1S/C29H20O3.C17H18O3.C12H6O2/c1-31-20-13-9-18(10-14-20)25-27-22-7-3-5-17-6-4-8-23(24(17)22)28(27)26(29(25)30)19-11-15-21(32-2)16-12-19;1-19-16-7-3-13(4-8-16)11-15(18)12-14-5-9-17(20-2)10-6-14;13-11-8-5-1-3-7-4-2-6-9(10(7)8)12(11)14/h3-16H,1-2H3;3-10H,11-12H2,1-2H3;1-6H. The second-order valence-electron chi connectivity index (χ2n) is 16.0. The van der Waals surface area contributed by atoms with E-state index >= 15 is 0 Å². The van der Waals surface area contributed by atoms with Gasteiger partial charge in [0.2, 0.25) is 11.6 Å². The van der Waals surface area contributed by atoms with E-state index in [4.69, 9.17) is 18.9 Å². The predicted octanol–water partition coefficient (Wildman–Crippen LogP) is 11.6. The van der Waals surface area contributed by atoms with E-state index in [9.17, 15) is 19.2 Å². The molecule has 0 heterocycles. The van der Waals surface area contributed by atoms with Gasteiger partial charge in [0, 0.05) is 51.6 Å². The van der Waals surface area contributed by atoms with Gasteiger partial charge in [-0.2, -0.15) is 0 Å². The summed E-state index contributed by atoms with van der Waals surface area (Å²) >= 11 is 0. The first kappa shape index (κ1) is 42.9. The van der Waals surface area contributed by atoms with E-state index in [2.05, 4.69) is 36.4 Å². The fourth-order valence-electron chi connectivity index (χ4n) is 8.93. The van der Waals surface area contributed by atoms with E-state index < -0.39 is 0 Å². The van der Waals surface area contributed by atoms with Gasteiger partial charge in [0.25, 0.3) is 0 Å². The van der Waals surface area contributed by atoms with Crippen molar-refractivity contribution in [2.24, 2.45) is 0 Å². The second-order valence-corrected chi connectivity index (χ2v) is 16.0. The Kier molecular flexibility index (Phi) is 12.0. The molecule has 3 aliphatic rings. The zero-order chi connectivity index (χ0) is 45.9. The minimum Gasteiger partial charge on any atom is -0.497 e. The minimum atomic E-state index is -0.378. The van der Waals surface area contributed by atoms with Crippen LogP contribution in [0.2, 0.25) is 0 Å². The maximum absolute atomic E-state index is 14.0. The average Bonchev–Trinajstić information content (AvgIpc) is 3.94. The number of hydrogen-bond acceptors (Lipinski definition) is 8. The van der Waals surface area contributed by atoms with E-state index in [-0.39, 0.29) is 23.1 Å².